The van der Waals surface area contributed by atoms with Crippen LogP contribution in [-0.4, -0.2) is 17.6 Å². The van der Waals surface area contributed by atoms with Crippen LogP contribution in [0.15, 0.2) is 29.6 Å². The van der Waals surface area contributed by atoms with Crippen molar-refractivity contribution in [3.8, 4) is 0 Å². The van der Waals surface area contributed by atoms with E-state index in [-0.39, 0.29) is 5.97 Å². The van der Waals surface area contributed by atoms with Gasteiger partial charge >= 0.3 is 5.97 Å². The molecule has 1 aromatic carbocycles. The molecule has 1 aliphatic rings. The summed E-state index contributed by atoms with van der Waals surface area (Å²) in [4.78, 5) is 16.8. The summed E-state index contributed by atoms with van der Waals surface area (Å²) in [5, 5.41) is 3.09. The van der Waals surface area contributed by atoms with E-state index in [0.29, 0.717) is 12.5 Å². The molecule has 1 unspecified atom stereocenters. The molecule has 0 amide bonds. The van der Waals surface area contributed by atoms with Crippen LogP contribution >= 0.6 is 11.3 Å². The molecule has 3 nitrogen and oxygen atoms in total. The van der Waals surface area contributed by atoms with Gasteiger partial charge in [-0.25, -0.2) is 4.98 Å². The third-order valence-corrected chi connectivity index (χ3v) is 5.06. The van der Waals surface area contributed by atoms with Gasteiger partial charge in [-0.2, -0.15) is 0 Å². The maximum atomic E-state index is 12.1. The zero-order chi connectivity index (χ0) is 15.0. The molecule has 0 spiro atoms. The molecule has 1 aliphatic carbocycles. The smallest absolute Gasteiger partial charge is 0.317 e. The van der Waals surface area contributed by atoms with Crippen molar-refractivity contribution < 1.29 is 9.53 Å². The van der Waals surface area contributed by atoms with Gasteiger partial charge in [0.05, 0.1) is 12.3 Å². The van der Waals surface area contributed by atoms with Crippen molar-refractivity contribution in [3.63, 3.8) is 0 Å². The Morgan fingerprint density at radius 2 is 2.19 bits per heavy atom. The molecule has 21 heavy (non-hydrogen) atoms. The van der Waals surface area contributed by atoms with Crippen molar-refractivity contribution in [1.29, 1.82) is 0 Å². The number of ether oxygens (including phenoxy) is 1. The maximum absolute atomic E-state index is 12.1. The lowest BCUT2D eigenvalue weighted by molar-refractivity contribution is -0.148. The topological polar surface area (TPSA) is 39.2 Å². The molecule has 110 valence electrons. The van der Waals surface area contributed by atoms with E-state index >= 15 is 0 Å². The third-order valence-electron chi connectivity index (χ3n) is 4.10. The molecule has 4 heteroatoms. The summed E-state index contributed by atoms with van der Waals surface area (Å²) in [6, 6.07) is 8.48. The Morgan fingerprint density at radius 3 is 2.90 bits per heavy atom. The van der Waals surface area contributed by atoms with Crippen LogP contribution in [-0.2, 0) is 21.4 Å². The van der Waals surface area contributed by atoms with Crippen LogP contribution in [0.25, 0.3) is 0 Å². The number of carbonyl (C=O) groups is 1. The molecule has 0 aliphatic heterocycles. The SMILES string of the molecule is CCOC(=O)C(C)(C)c1csc(C2Cc3ccccc32)n1. The first-order chi connectivity index (χ1) is 10.0. The quantitative estimate of drug-likeness (QED) is 0.809. The molecule has 1 aromatic heterocycles. The summed E-state index contributed by atoms with van der Waals surface area (Å²) in [6.45, 7) is 5.97. The highest BCUT2D eigenvalue weighted by atomic mass is 32.1. The van der Waals surface area contributed by atoms with Crippen molar-refractivity contribution >= 4 is 17.3 Å². The van der Waals surface area contributed by atoms with Crippen molar-refractivity contribution in [3.05, 3.63) is 51.5 Å². The highest BCUT2D eigenvalue weighted by Crippen LogP contribution is 2.42. The highest BCUT2D eigenvalue weighted by Gasteiger charge is 2.36. The normalized spacial score (nSPS) is 17.0. The molecule has 1 atom stereocenters. The van der Waals surface area contributed by atoms with Crippen LogP contribution in [0, 0.1) is 0 Å². The molecular weight excluding hydrogens is 282 g/mol. The lowest BCUT2D eigenvalue weighted by Gasteiger charge is -2.28. The predicted molar refractivity (Wildman–Crippen MR) is 83.8 cm³/mol. The van der Waals surface area contributed by atoms with Gasteiger partial charge in [0.1, 0.15) is 10.4 Å². The van der Waals surface area contributed by atoms with Crippen LogP contribution in [0.1, 0.15) is 48.5 Å². The van der Waals surface area contributed by atoms with Gasteiger partial charge in [-0.1, -0.05) is 24.3 Å². The number of nitrogens with zero attached hydrogens (tertiary/aromatic N) is 1. The van der Waals surface area contributed by atoms with Crippen molar-refractivity contribution in [2.75, 3.05) is 6.61 Å². The number of hydrogen-bond acceptors (Lipinski definition) is 4. The second-order valence-electron chi connectivity index (χ2n) is 5.87. The molecule has 1 heterocycles. The average Bonchev–Trinajstić information content (AvgIpc) is 2.90. The minimum atomic E-state index is -0.686. The lowest BCUT2D eigenvalue weighted by Crippen LogP contribution is -2.31. The zero-order valence-electron chi connectivity index (χ0n) is 12.6. The van der Waals surface area contributed by atoms with Gasteiger partial charge in [0.15, 0.2) is 0 Å². The Kier molecular flexibility index (Phi) is 3.57. The first kappa shape index (κ1) is 14.3. The van der Waals surface area contributed by atoms with Gasteiger partial charge in [0.25, 0.3) is 0 Å². The van der Waals surface area contributed by atoms with Gasteiger partial charge in [-0.15, -0.1) is 11.3 Å². The second-order valence-corrected chi connectivity index (χ2v) is 6.76. The first-order valence-corrected chi connectivity index (χ1v) is 8.13. The number of rotatable bonds is 4. The molecule has 0 saturated carbocycles. The largest absolute Gasteiger partial charge is 0.465 e. The Hall–Kier alpha value is -1.68. The molecule has 0 radical (unpaired) electrons. The van der Waals surface area contributed by atoms with Gasteiger partial charge in [-0.05, 0) is 38.3 Å². The molecule has 2 aromatic rings. The number of thiazole rings is 1. The van der Waals surface area contributed by atoms with E-state index in [1.54, 1.807) is 11.3 Å². The summed E-state index contributed by atoms with van der Waals surface area (Å²) < 4.78 is 5.15. The number of fused-ring (bicyclic) bond motifs is 1. The molecule has 0 saturated heterocycles. The zero-order valence-corrected chi connectivity index (χ0v) is 13.4. The van der Waals surface area contributed by atoms with E-state index in [9.17, 15) is 4.79 Å². The van der Waals surface area contributed by atoms with E-state index in [1.165, 1.54) is 11.1 Å². The first-order valence-electron chi connectivity index (χ1n) is 7.25. The third kappa shape index (κ3) is 2.38. The number of esters is 1. The Bertz CT molecular complexity index is 675. The maximum Gasteiger partial charge on any atom is 0.317 e. The van der Waals surface area contributed by atoms with Crippen LogP contribution in [0.5, 0.6) is 0 Å². The monoisotopic (exact) mass is 301 g/mol. The molecular formula is C17H19NO2S. The van der Waals surface area contributed by atoms with E-state index in [0.717, 1.165) is 17.1 Å². The van der Waals surface area contributed by atoms with E-state index in [2.05, 4.69) is 24.3 Å². The fourth-order valence-corrected chi connectivity index (χ4v) is 3.74. The Labute approximate surface area is 129 Å². The fraction of sp³-hybridized carbons (Fsp3) is 0.412. The highest BCUT2D eigenvalue weighted by molar-refractivity contribution is 7.09. The van der Waals surface area contributed by atoms with Gasteiger partial charge in [-0.3, -0.25) is 4.79 Å². The van der Waals surface area contributed by atoms with Gasteiger partial charge < -0.3 is 4.74 Å². The van der Waals surface area contributed by atoms with Crippen LogP contribution in [0.4, 0.5) is 0 Å². The summed E-state index contributed by atoms with van der Waals surface area (Å²) in [7, 11) is 0. The molecule has 0 bridgehead atoms. The predicted octanol–water partition coefficient (Wildman–Crippen LogP) is 3.67. The average molecular weight is 301 g/mol. The summed E-state index contributed by atoms with van der Waals surface area (Å²) in [6.07, 6.45) is 1.04. The molecule has 0 fully saturated rings. The van der Waals surface area contributed by atoms with Crippen LogP contribution < -0.4 is 0 Å². The number of benzene rings is 1. The Morgan fingerprint density at radius 1 is 1.43 bits per heavy atom. The second kappa shape index (κ2) is 5.26. The summed E-state index contributed by atoms with van der Waals surface area (Å²) in [5.74, 6) is 0.175. The van der Waals surface area contributed by atoms with Gasteiger partial charge in [0.2, 0.25) is 0 Å². The van der Waals surface area contributed by atoms with Crippen LogP contribution in [0.2, 0.25) is 0 Å². The number of hydrogen-bond donors (Lipinski definition) is 0. The minimum Gasteiger partial charge on any atom is -0.465 e. The molecule has 3 rings (SSSR count). The van der Waals surface area contributed by atoms with Gasteiger partial charge in [0, 0.05) is 11.3 Å². The van der Waals surface area contributed by atoms with Crippen molar-refractivity contribution in [1.82, 2.24) is 4.98 Å². The van der Waals surface area contributed by atoms with Crippen LogP contribution in [0.3, 0.4) is 0 Å². The Balaban J connectivity index is 1.84. The molecule has 0 N–H and O–H groups in total. The van der Waals surface area contributed by atoms with E-state index < -0.39 is 5.41 Å². The lowest BCUT2D eigenvalue weighted by atomic mass is 9.78. The fourth-order valence-electron chi connectivity index (χ4n) is 2.63. The summed E-state index contributed by atoms with van der Waals surface area (Å²) in [5.41, 5.74) is 2.90. The van der Waals surface area contributed by atoms with E-state index in [1.807, 2.05) is 26.2 Å². The number of carbonyl (C=O) groups excluding carboxylic acids is 1. The number of aromatic nitrogens is 1. The standard InChI is InChI=1S/C17H19NO2S/c1-4-20-16(19)17(2,3)14-10-21-15(18-14)13-9-11-7-5-6-8-12(11)13/h5-8,10,13H,4,9H2,1-3H3. The van der Waals surface area contributed by atoms with Crippen molar-refractivity contribution in [2.24, 2.45) is 0 Å². The minimum absolute atomic E-state index is 0.212. The summed E-state index contributed by atoms with van der Waals surface area (Å²) >= 11 is 1.64. The van der Waals surface area contributed by atoms with E-state index in [4.69, 9.17) is 9.72 Å². The van der Waals surface area contributed by atoms with Crippen molar-refractivity contribution in [2.45, 2.75) is 38.5 Å².